The second-order valence-electron chi connectivity index (χ2n) is 3.42. The summed E-state index contributed by atoms with van der Waals surface area (Å²) < 4.78 is 5.05. The normalized spacial score (nSPS) is 13.0. The molecule has 0 aliphatic rings. The molecular weight excluding hydrogens is 235 g/mol. The standard InChI is InChI=1S/C10H14Cl2N2O/c1-14(2)10(13)6-4-8(12)9(15-3)5-7(6)11/h4-5,10H,13H2,1-3H3. The Bertz CT molecular complexity index is 356. The number of nitrogens with two attached hydrogens (primary N) is 1. The van der Waals surface area contributed by atoms with Crippen molar-refractivity contribution < 1.29 is 4.74 Å². The maximum absolute atomic E-state index is 6.07. The highest BCUT2D eigenvalue weighted by molar-refractivity contribution is 6.34. The SMILES string of the molecule is COc1cc(Cl)c(C(N)N(C)C)cc1Cl. The predicted octanol–water partition coefficient (Wildman–Crippen LogP) is 2.52. The lowest BCUT2D eigenvalue weighted by molar-refractivity contribution is 0.307. The maximum atomic E-state index is 6.07. The molecule has 0 aliphatic heterocycles. The second-order valence-corrected chi connectivity index (χ2v) is 4.23. The van der Waals surface area contributed by atoms with Crippen LogP contribution in [0.1, 0.15) is 11.7 Å². The van der Waals surface area contributed by atoms with Crippen LogP contribution in [0.2, 0.25) is 10.0 Å². The molecule has 0 saturated carbocycles. The van der Waals surface area contributed by atoms with Gasteiger partial charge in [0, 0.05) is 11.6 Å². The summed E-state index contributed by atoms with van der Waals surface area (Å²) in [6.45, 7) is 0. The average Bonchev–Trinajstić information content (AvgIpc) is 2.19. The molecule has 0 heterocycles. The zero-order valence-corrected chi connectivity index (χ0v) is 10.4. The molecule has 5 heteroatoms. The highest BCUT2D eigenvalue weighted by atomic mass is 35.5. The quantitative estimate of drug-likeness (QED) is 0.836. The minimum atomic E-state index is -0.277. The van der Waals surface area contributed by atoms with E-state index >= 15 is 0 Å². The molecular formula is C10H14Cl2N2O. The molecule has 0 radical (unpaired) electrons. The third kappa shape index (κ3) is 2.75. The minimum Gasteiger partial charge on any atom is -0.495 e. The average molecular weight is 249 g/mol. The number of hydrogen-bond acceptors (Lipinski definition) is 3. The molecule has 0 bridgehead atoms. The van der Waals surface area contributed by atoms with Gasteiger partial charge in [0.1, 0.15) is 5.75 Å². The van der Waals surface area contributed by atoms with E-state index in [1.54, 1.807) is 19.2 Å². The molecule has 1 aromatic rings. The van der Waals surface area contributed by atoms with Crippen molar-refractivity contribution in [1.29, 1.82) is 0 Å². The molecule has 0 spiro atoms. The van der Waals surface area contributed by atoms with Gasteiger partial charge in [-0.05, 0) is 20.2 Å². The Morgan fingerprint density at radius 1 is 1.27 bits per heavy atom. The van der Waals surface area contributed by atoms with Gasteiger partial charge in [-0.25, -0.2) is 0 Å². The molecule has 1 rings (SSSR count). The first-order valence-corrected chi connectivity index (χ1v) is 5.18. The van der Waals surface area contributed by atoms with Crippen LogP contribution >= 0.6 is 23.2 Å². The number of rotatable bonds is 3. The van der Waals surface area contributed by atoms with Gasteiger partial charge in [-0.3, -0.25) is 4.90 Å². The lowest BCUT2D eigenvalue weighted by Gasteiger charge is -2.21. The molecule has 0 amide bonds. The molecule has 1 unspecified atom stereocenters. The zero-order valence-electron chi connectivity index (χ0n) is 8.92. The molecule has 1 aromatic carbocycles. The van der Waals surface area contributed by atoms with Crippen LogP contribution in [-0.2, 0) is 0 Å². The molecule has 84 valence electrons. The first-order valence-electron chi connectivity index (χ1n) is 4.42. The summed E-state index contributed by atoms with van der Waals surface area (Å²) in [7, 11) is 5.29. The molecule has 15 heavy (non-hydrogen) atoms. The Morgan fingerprint density at radius 2 is 1.87 bits per heavy atom. The van der Waals surface area contributed by atoms with E-state index < -0.39 is 0 Å². The van der Waals surface area contributed by atoms with Crippen LogP contribution in [-0.4, -0.2) is 26.1 Å². The predicted molar refractivity (Wildman–Crippen MR) is 63.6 cm³/mol. The molecule has 3 nitrogen and oxygen atoms in total. The number of nitrogens with zero attached hydrogens (tertiary/aromatic N) is 1. The summed E-state index contributed by atoms with van der Waals surface area (Å²) in [6.07, 6.45) is -0.277. The fourth-order valence-corrected chi connectivity index (χ4v) is 1.72. The van der Waals surface area contributed by atoms with Crippen molar-refractivity contribution in [3.8, 4) is 5.75 Å². The van der Waals surface area contributed by atoms with Gasteiger partial charge in [0.15, 0.2) is 0 Å². The molecule has 0 aliphatic carbocycles. The van der Waals surface area contributed by atoms with Crippen LogP contribution in [0, 0.1) is 0 Å². The maximum Gasteiger partial charge on any atom is 0.138 e. The number of hydrogen-bond donors (Lipinski definition) is 1. The van der Waals surface area contributed by atoms with Gasteiger partial charge < -0.3 is 10.5 Å². The van der Waals surface area contributed by atoms with E-state index in [1.165, 1.54) is 0 Å². The van der Waals surface area contributed by atoms with Crippen molar-refractivity contribution >= 4 is 23.2 Å². The minimum absolute atomic E-state index is 0.277. The van der Waals surface area contributed by atoms with Crippen LogP contribution < -0.4 is 10.5 Å². The zero-order chi connectivity index (χ0) is 11.6. The van der Waals surface area contributed by atoms with Crippen LogP contribution in [0.25, 0.3) is 0 Å². The monoisotopic (exact) mass is 248 g/mol. The Balaban J connectivity index is 3.15. The van der Waals surface area contributed by atoms with Crippen LogP contribution in [0.5, 0.6) is 5.75 Å². The van der Waals surface area contributed by atoms with Crippen LogP contribution in [0.4, 0.5) is 0 Å². The summed E-state index contributed by atoms with van der Waals surface area (Å²) in [5, 5.41) is 1.06. The van der Waals surface area contributed by atoms with E-state index in [0.29, 0.717) is 15.8 Å². The highest BCUT2D eigenvalue weighted by Gasteiger charge is 2.15. The Kier molecular flexibility index (Phi) is 4.22. The first-order chi connectivity index (χ1) is 6.97. The van der Waals surface area contributed by atoms with Gasteiger partial charge in [-0.2, -0.15) is 0 Å². The number of halogens is 2. The first kappa shape index (κ1) is 12.6. The highest BCUT2D eigenvalue weighted by Crippen LogP contribution is 2.33. The van der Waals surface area contributed by atoms with E-state index in [-0.39, 0.29) is 6.17 Å². The molecule has 0 fully saturated rings. The third-order valence-corrected chi connectivity index (χ3v) is 2.77. The largest absolute Gasteiger partial charge is 0.495 e. The lowest BCUT2D eigenvalue weighted by atomic mass is 10.1. The van der Waals surface area contributed by atoms with E-state index in [0.717, 1.165) is 5.56 Å². The Labute approximate surface area is 99.7 Å². The molecule has 0 aromatic heterocycles. The van der Waals surface area contributed by atoms with Gasteiger partial charge in [-0.1, -0.05) is 23.2 Å². The number of ether oxygens (including phenoxy) is 1. The van der Waals surface area contributed by atoms with Crippen LogP contribution in [0.3, 0.4) is 0 Å². The molecule has 0 saturated heterocycles. The summed E-state index contributed by atoms with van der Waals surface area (Å²) in [4.78, 5) is 1.85. The smallest absolute Gasteiger partial charge is 0.138 e. The molecule has 1 atom stereocenters. The summed E-state index contributed by atoms with van der Waals surface area (Å²) in [5.74, 6) is 0.552. The van der Waals surface area contributed by atoms with E-state index in [4.69, 9.17) is 33.7 Å². The number of benzene rings is 1. The topological polar surface area (TPSA) is 38.5 Å². The van der Waals surface area contributed by atoms with Crippen LogP contribution in [0.15, 0.2) is 12.1 Å². The Morgan fingerprint density at radius 3 is 2.33 bits per heavy atom. The van der Waals surface area contributed by atoms with E-state index in [9.17, 15) is 0 Å². The third-order valence-electron chi connectivity index (χ3n) is 2.15. The van der Waals surface area contributed by atoms with Crippen molar-refractivity contribution in [2.45, 2.75) is 6.17 Å². The summed E-state index contributed by atoms with van der Waals surface area (Å²) >= 11 is 12.1. The lowest BCUT2D eigenvalue weighted by Crippen LogP contribution is -2.27. The van der Waals surface area contributed by atoms with Crippen molar-refractivity contribution in [2.24, 2.45) is 5.73 Å². The summed E-state index contributed by atoms with van der Waals surface area (Å²) in [5.41, 5.74) is 6.73. The van der Waals surface area contributed by atoms with Crippen molar-refractivity contribution in [1.82, 2.24) is 4.90 Å². The summed E-state index contributed by atoms with van der Waals surface area (Å²) in [6, 6.07) is 3.40. The van der Waals surface area contributed by atoms with E-state index in [1.807, 2.05) is 19.0 Å². The van der Waals surface area contributed by atoms with Gasteiger partial charge in [-0.15, -0.1) is 0 Å². The fraction of sp³-hybridized carbons (Fsp3) is 0.400. The molecule has 2 N–H and O–H groups in total. The van der Waals surface area contributed by atoms with Gasteiger partial charge in [0.05, 0.1) is 23.3 Å². The van der Waals surface area contributed by atoms with Crippen molar-refractivity contribution in [2.75, 3.05) is 21.2 Å². The van der Waals surface area contributed by atoms with Gasteiger partial charge >= 0.3 is 0 Å². The number of methoxy groups -OCH3 is 1. The van der Waals surface area contributed by atoms with Crippen molar-refractivity contribution in [3.63, 3.8) is 0 Å². The van der Waals surface area contributed by atoms with Gasteiger partial charge in [0.2, 0.25) is 0 Å². The fourth-order valence-electron chi connectivity index (χ4n) is 1.21. The second kappa shape index (κ2) is 5.03. The van der Waals surface area contributed by atoms with Gasteiger partial charge in [0.25, 0.3) is 0 Å². The van der Waals surface area contributed by atoms with Crippen molar-refractivity contribution in [3.05, 3.63) is 27.7 Å². The Hall–Kier alpha value is -0.480. The van der Waals surface area contributed by atoms with E-state index in [2.05, 4.69) is 0 Å².